The molecule has 0 fully saturated rings. The van der Waals surface area contributed by atoms with Crippen LogP contribution in [0.3, 0.4) is 0 Å². The lowest BCUT2D eigenvalue weighted by Crippen LogP contribution is -2.12. The molecule has 0 rings (SSSR count). The SMILES string of the molecule is CCOC(=O)C(C)=O.CCOC(=O)CC(C)=O. The molecule has 0 aliphatic carbocycles. The molecule has 0 saturated carbocycles. The summed E-state index contributed by atoms with van der Waals surface area (Å²) < 4.78 is 8.81. The molecule has 6 heteroatoms. The van der Waals surface area contributed by atoms with E-state index in [-0.39, 0.29) is 18.8 Å². The van der Waals surface area contributed by atoms with Crippen molar-refractivity contribution in [2.24, 2.45) is 0 Å². The molecule has 0 atom stereocenters. The van der Waals surface area contributed by atoms with E-state index < -0.39 is 17.7 Å². The van der Waals surface area contributed by atoms with E-state index in [2.05, 4.69) is 9.47 Å². The Hall–Kier alpha value is -1.72. The molecule has 0 spiro atoms. The largest absolute Gasteiger partial charge is 0.466 e. The molecule has 6 nitrogen and oxygen atoms in total. The number of esters is 2. The minimum absolute atomic E-state index is 0.103. The van der Waals surface area contributed by atoms with E-state index in [1.807, 2.05) is 0 Å². The van der Waals surface area contributed by atoms with Crippen molar-refractivity contribution in [1.82, 2.24) is 0 Å². The fraction of sp³-hybridized carbons (Fsp3) is 0.636. The van der Waals surface area contributed by atoms with Crippen LogP contribution < -0.4 is 0 Å². The first kappa shape index (κ1) is 17.7. The number of ketones is 2. The summed E-state index contributed by atoms with van der Waals surface area (Å²) in [7, 11) is 0. The van der Waals surface area contributed by atoms with E-state index in [0.29, 0.717) is 6.61 Å². The summed E-state index contributed by atoms with van der Waals surface area (Å²) in [5.74, 6) is -1.90. The van der Waals surface area contributed by atoms with Gasteiger partial charge in [0.1, 0.15) is 12.2 Å². The van der Waals surface area contributed by atoms with Gasteiger partial charge in [0.05, 0.1) is 13.2 Å². The number of hydrogen-bond donors (Lipinski definition) is 0. The van der Waals surface area contributed by atoms with Crippen molar-refractivity contribution in [3.05, 3.63) is 0 Å². The molecule has 0 aromatic carbocycles. The van der Waals surface area contributed by atoms with Gasteiger partial charge in [-0.2, -0.15) is 0 Å². The molecule has 0 N–H and O–H groups in total. The van der Waals surface area contributed by atoms with Gasteiger partial charge in [-0.1, -0.05) is 0 Å². The summed E-state index contributed by atoms with van der Waals surface area (Å²) in [6.45, 7) is 6.50. The Kier molecular flexibility index (Phi) is 11.2. The van der Waals surface area contributed by atoms with E-state index in [1.54, 1.807) is 13.8 Å². The quantitative estimate of drug-likeness (QED) is 0.402. The van der Waals surface area contributed by atoms with E-state index in [1.165, 1.54) is 13.8 Å². The zero-order valence-electron chi connectivity index (χ0n) is 10.6. The van der Waals surface area contributed by atoms with E-state index in [0.717, 1.165) is 0 Å². The van der Waals surface area contributed by atoms with Crippen LogP contribution in [0.25, 0.3) is 0 Å². The summed E-state index contributed by atoms with van der Waals surface area (Å²) in [5.41, 5.74) is 0. The van der Waals surface area contributed by atoms with Crippen LogP contribution >= 0.6 is 0 Å². The second-order valence-electron chi connectivity index (χ2n) is 2.96. The van der Waals surface area contributed by atoms with Crippen molar-refractivity contribution in [1.29, 1.82) is 0 Å². The molecule has 0 heterocycles. The van der Waals surface area contributed by atoms with Gasteiger partial charge in [0.2, 0.25) is 5.78 Å². The molecule has 0 radical (unpaired) electrons. The maximum atomic E-state index is 10.4. The highest BCUT2D eigenvalue weighted by molar-refractivity contribution is 6.32. The Morgan fingerprint density at radius 1 is 0.882 bits per heavy atom. The van der Waals surface area contributed by atoms with Crippen molar-refractivity contribution in [3.8, 4) is 0 Å². The molecular weight excluding hydrogens is 228 g/mol. The maximum Gasteiger partial charge on any atom is 0.374 e. The number of carbonyl (C=O) groups excluding carboxylic acids is 4. The molecule has 0 aromatic rings. The van der Waals surface area contributed by atoms with Gasteiger partial charge >= 0.3 is 11.9 Å². The molecule has 17 heavy (non-hydrogen) atoms. The van der Waals surface area contributed by atoms with E-state index in [4.69, 9.17) is 0 Å². The Morgan fingerprint density at radius 3 is 1.59 bits per heavy atom. The van der Waals surface area contributed by atoms with Gasteiger partial charge in [-0.3, -0.25) is 14.4 Å². The Balaban J connectivity index is 0. The van der Waals surface area contributed by atoms with Crippen LogP contribution in [0.15, 0.2) is 0 Å². The summed E-state index contributed by atoms with van der Waals surface area (Å²) >= 11 is 0. The van der Waals surface area contributed by atoms with Gasteiger partial charge < -0.3 is 9.47 Å². The predicted molar refractivity (Wildman–Crippen MR) is 59.2 cm³/mol. The highest BCUT2D eigenvalue weighted by Gasteiger charge is 2.05. The normalized spacial score (nSPS) is 8.47. The van der Waals surface area contributed by atoms with Crippen molar-refractivity contribution in [2.45, 2.75) is 34.1 Å². The highest BCUT2D eigenvalue weighted by Crippen LogP contribution is 1.86. The van der Waals surface area contributed by atoms with Gasteiger partial charge in [0, 0.05) is 6.92 Å². The zero-order chi connectivity index (χ0) is 13.8. The topological polar surface area (TPSA) is 86.7 Å². The summed E-state index contributed by atoms with van der Waals surface area (Å²) in [6, 6.07) is 0. The minimum atomic E-state index is -0.757. The van der Waals surface area contributed by atoms with Crippen LogP contribution in [0, 0.1) is 0 Å². The highest BCUT2D eigenvalue weighted by atomic mass is 16.5. The van der Waals surface area contributed by atoms with Gasteiger partial charge in [0.25, 0.3) is 0 Å². The predicted octanol–water partition coefficient (Wildman–Crippen LogP) is 0.667. The van der Waals surface area contributed by atoms with Crippen LogP contribution in [-0.2, 0) is 28.7 Å². The van der Waals surface area contributed by atoms with Crippen molar-refractivity contribution >= 4 is 23.5 Å². The van der Waals surface area contributed by atoms with Crippen molar-refractivity contribution < 1.29 is 28.7 Å². The lowest BCUT2D eigenvalue weighted by Gasteiger charge is -1.96. The zero-order valence-corrected chi connectivity index (χ0v) is 10.6. The fourth-order valence-corrected chi connectivity index (χ4v) is 0.648. The Morgan fingerprint density at radius 2 is 1.35 bits per heavy atom. The molecule has 0 aromatic heterocycles. The third-order valence-electron chi connectivity index (χ3n) is 1.26. The molecule has 0 amide bonds. The molecule has 0 unspecified atom stereocenters. The number of rotatable bonds is 5. The van der Waals surface area contributed by atoms with Gasteiger partial charge in [-0.15, -0.1) is 0 Å². The first-order valence-electron chi connectivity index (χ1n) is 5.17. The number of carbonyl (C=O) groups is 4. The Bertz CT molecular complexity index is 282. The van der Waals surface area contributed by atoms with Gasteiger partial charge in [0.15, 0.2) is 0 Å². The molecule has 98 valence electrons. The third-order valence-corrected chi connectivity index (χ3v) is 1.26. The molecule has 0 aliphatic heterocycles. The first-order chi connectivity index (χ1) is 7.84. The smallest absolute Gasteiger partial charge is 0.374 e. The first-order valence-corrected chi connectivity index (χ1v) is 5.17. The van der Waals surface area contributed by atoms with Crippen molar-refractivity contribution in [3.63, 3.8) is 0 Å². The number of hydrogen-bond acceptors (Lipinski definition) is 6. The maximum absolute atomic E-state index is 10.4. The van der Waals surface area contributed by atoms with E-state index in [9.17, 15) is 19.2 Å². The van der Waals surface area contributed by atoms with Crippen LogP contribution in [0.4, 0.5) is 0 Å². The molecular formula is C11H18O6. The summed E-state index contributed by atoms with van der Waals surface area (Å²) in [4.78, 5) is 40.9. The molecule has 0 saturated heterocycles. The van der Waals surface area contributed by atoms with Crippen LogP contribution in [0.2, 0.25) is 0 Å². The Labute approximate surface area is 100 Å². The standard InChI is InChI=1S/C6H10O3.C5H8O3/c1-3-9-6(8)4-5(2)7;1-3-8-5(7)4(2)6/h3-4H2,1-2H3;3H2,1-2H3. The molecule has 0 aliphatic rings. The average Bonchev–Trinajstić information content (AvgIpc) is 2.17. The monoisotopic (exact) mass is 246 g/mol. The molecule has 0 bridgehead atoms. The van der Waals surface area contributed by atoms with Crippen LogP contribution in [0.5, 0.6) is 0 Å². The number of Topliss-reactive ketones (excluding diaryl/α,β-unsaturated/α-hetero) is 2. The van der Waals surface area contributed by atoms with E-state index >= 15 is 0 Å². The lowest BCUT2D eigenvalue weighted by atomic mass is 10.3. The second-order valence-corrected chi connectivity index (χ2v) is 2.96. The van der Waals surface area contributed by atoms with Crippen LogP contribution in [-0.4, -0.2) is 36.7 Å². The average molecular weight is 246 g/mol. The third kappa shape index (κ3) is 14.3. The fourth-order valence-electron chi connectivity index (χ4n) is 0.648. The summed E-state index contributed by atoms with van der Waals surface area (Å²) in [6.07, 6.45) is -0.103. The minimum Gasteiger partial charge on any atom is -0.466 e. The number of ether oxygens (including phenoxy) is 2. The lowest BCUT2D eigenvalue weighted by molar-refractivity contribution is -0.152. The van der Waals surface area contributed by atoms with Gasteiger partial charge in [-0.05, 0) is 20.8 Å². The van der Waals surface area contributed by atoms with Gasteiger partial charge in [-0.25, -0.2) is 4.79 Å². The van der Waals surface area contributed by atoms with Crippen LogP contribution in [0.1, 0.15) is 34.1 Å². The summed E-state index contributed by atoms with van der Waals surface area (Å²) in [5, 5.41) is 0. The second kappa shape index (κ2) is 10.8. The van der Waals surface area contributed by atoms with Crippen molar-refractivity contribution in [2.75, 3.05) is 13.2 Å².